The first kappa shape index (κ1) is 16.8. The number of nitrogens with zero attached hydrogens (tertiary/aromatic N) is 1. The summed E-state index contributed by atoms with van der Waals surface area (Å²) in [7, 11) is 0. The quantitative estimate of drug-likeness (QED) is 0.739. The lowest BCUT2D eigenvalue weighted by molar-refractivity contribution is -0.140. The molecule has 1 aromatic rings. The molecule has 8 heteroatoms. The van der Waals surface area contributed by atoms with Crippen molar-refractivity contribution in [1.82, 2.24) is 10.2 Å². The van der Waals surface area contributed by atoms with Gasteiger partial charge in [0.15, 0.2) is 0 Å². The number of hydrogen-bond acceptors (Lipinski definition) is 3. The van der Waals surface area contributed by atoms with Crippen LogP contribution in [0.25, 0.3) is 0 Å². The number of rotatable bonds is 6. The van der Waals surface area contributed by atoms with Crippen LogP contribution < -0.4 is 5.32 Å². The van der Waals surface area contributed by atoms with Gasteiger partial charge in [-0.15, -0.1) is 0 Å². The number of urea groups is 1. The third-order valence-corrected chi connectivity index (χ3v) is 2.86. The molecule has 0 saturated carbocycles. The number of carbonyl (C=O) groups excluding carboxylic acids is 1. The zero-order chi connectivity index (χ0) is 16.0. The molecule has 0 saturated heterocycles. The smallest absolute Gasteiger partial charge is 0.323 e. The van der Waals surface area contributed by atoms with E-state index in [0.29, 0.717) is 9.92 Å². The molecule has 0 aliphatic carbocycles. The van der Waals surface area contributed by atoms with Crippen LogP contribution >= 0.6 is 11.6 Å². The molecule has 7 nitrogen and oxygen atoms in total. The minimum Gasteiger partial charge on any atom is -0.480 e. The Morgan fingerprint density at radius 3 is 2.29 bits per heavy atom. The van der Waals surface area contributed by atoms with Crippen molar-refractivity contribution >= 4 is 29.6 Å². The highest BCUT2D eigenvalue weighted by molar-refractivity contribution is 6.30. The molecule has 1 aromatic carbocycles. The van der Waals surface area contributed by atoms with E-state index in [1.54, 1.807) is 31.2 Å². The van der Waals surface area contributed by atoms with Gasteiger partial charge in [0.25, 0.3) is 0 Å². The second-order valence-corrected chi connectivity index (χ2v) is 4.81. The molecule has 0 aliphatic heterocycles. The lowest BCUT2D eigenvalue weighted by Gasteiger charge is -2.22. The van der Waals surface area contributed by atoms with Gasteiger partial charge in [0.2, 0.25) is 0 Å². The molecule has 1 atom stereocenters. The second-order valence-electron chi connectivity index (χ2n) is 4.37. The van der Waals surface area contributed by atoms with Crippen LogP contribution in [-0.2, 0) is 9.59 Å². The highest BCUT2D eigenvalue weighted by atomic mass is 35.5. The summed E-state index contributed by atoms with van der Waals surface area (Å²) in [5.74, 6) is -2.58. The SMILES string of the molecule is CC(NC(=O)N(CC(=O)O)CC(=O)O)c1cccc(Cl)c1. The van der Waals surface area contributed by atoms with Crippen molar-refractivity contribution in [2.45, 2.75) is 13.0 Å². The summed E-state index contributed by atoms with van der Waals surface area (Å²) < 4.78 is 0. The Labute approximate surface area is 126 Å². The number of halogens is 1. The average Bonchev–Trinajstić information content (AvgIpc) is 2.36. The van der Waals surface area contributed by atoms with Crippen molar-refractivity contribution in [3.63, 3.8) is 0 Å². The molecule has 0 aromatic heterocycles. The monoisotopic (exact) mass is 314 g/mol. The molecule has 1 rings (SSSR count). The van der Waals surface area contributed by atoms with Crippen molar-refractivity contribution in [3.05, 3.63) is 34.9 Å². The standard InChI is InChI=1S/C13H15ClN2O5/c1-8(9-3-2-4-10(14)5-9)15-13(21)16(6-11(17)18)7-12(19)20/h2-5,8H,6-7H2,1H3,(H,15,21)(H,17,18)(H,19,20). The van der Waals surface area contributed by atoms with Gasteiger partial charge < -0.3 is 20.4 Å². The summed E-state index contributed by atoms with van der Waals surface area (Å²) in [6, 6.07) is 5.59. The van der Waals surface area contributed by atoms with Crippen molar-refractivity contribution in [2.24, 2.45) is 0 Å². The first-order valence-corrected chi connectivity index (χ1v) is 6.42. The normalized spacial score (nSPS) is 11.5. The Balaban J connectivity index is 2.75. The van der Waals surface area contributed by atoms with E-state index < -0.39 is 37.1 Å². The van der Waals surface area contributed by atoms with E-state index in [0.717, 1.165) is 5.56 Å². The van der Waals surface area contributed by atoms with Gasteiger partial charge in [0, 0.05) is 5.02 Å². The first-order valence-electron chi connectivity index (χ1n) is 6.04. The molecule has 3 N–H and O–H groups in total. The van der Waals surface area contributed by atoms with Crippen molar-refractivity contribution < 1.29 is 24.6 Å². The zero-order valence-electron chi connectivity index (χ0n) is 11.2. The van der Waals surface area contributed by atoms with Crippen LogP contribution in [0.4, 0.5) is 4.79 Å². The van der Waals surface area contributed by atoms with Crippen LogP contribution in [-0.4, -0.2) is 46.2 Å². The fraction of sp³-hybridized carbons (Fsp3) is 0.308. The van der Waals surface area contributed by atoms with Crippen LogP contribution in [0.5, 0.6) is 0 Å². The van der Waals surface area contributed by atoms with Crippen molar-refractivity contribution in [1.29, 1.82) is 0 Å². The number of benzene rings is 1. The number of carboxylic acid groups (broad SMARTS) is 2. The molecule has 0 radical (unpaired) electrons. The number of hydrogen-bond donors (Lipinski definition) is 3. The molecule has 0 fully saturated rings. The summed E-state index contributed by atoms with van der Waals surface area (Å²) in [6.07, 6.45) is 0. The number of carbonyl (C=O) groups is 3. The van der Waals surface area contributed by atoms with Gasteiger partial charge in [-0.1, -0.05) is 23.7 Å². The lowest BCUT2D eigenvalue weighted by atomic mass is 10.1. The summed E-state index contributed by atoms with van der Waals surface area (Å²) >= 11 is 5.85. The molecule has 114 valence electrons. The number of aliphatic carboxylic acids is 2. The molecule has 1 unspecified atom stereocenters. The third kappa shape index (κ3) is 5.70. The zero-order valence-corrected chi connectivity index (χ0v) is 12.0. The maximum absolute atomic E-state index is 11.9. The molecule has 21 heavy (non-hydrogen) atoms. The number of amides is 2. The van der Waals surface area contributed by atoms with E-state index in [9.17, 15) is 14.4 Å². The average molecular weight is 315 g/mol. The molecular formula is C13H15ClN2O5. The van der Waals surface area contributed by atoms with E-state index in [2.05, 4.69) is 5.32 Å². The number of nitrogens with one attached hydrogen (secondary N) is 1. The predicted octanol–water partition coefficient (Wildman–Crippen LogP) is 1.58. The summed E-state index contributed by atoms with van der Waals surface area (Å²) in [5, 5.41) is 20.4. The maximum Gasteiger partial charge on any atom is 0.323 e. The van der Waals surface area contributed by atoms with Gasteiger partial charge in [-0.25, -0.2) is 4.79 Å². The molecular weight excluding hydrogens is 300 g/mol. The summed E-state index contributed by atoms with van der Waals surface area (Å²) in [4.78, 5) is 34.0. The van der Waals surface area contributed by atoms with E-state index in [1.807, 2.05) is 0 Å². The largest absolute Gasteiger partial charge is 0.480 e. The molecule has 0 spiro atoms. The van der Waals surface area contributed by atoms with Gasteiger partial charge in [-0.2, -0.15) is 0 Å². The van der Waals surface area contributed by atoms with Crippen LogP contribution in [0, 0.1) is 0 Å². The van der Waals surface area contributed by atoms with Crippen molar-refractivity contribution in [2.75, 3.05) is 13.1 Å². The first-order chi connectivity index (χ1) is 9.79. The van der Waals surface area contributed by atoms with Gasteiger partial charge in [-0.3, -0.25) is 9.59 Å². The highest BCUT2D eigenvalue weighted by Gasteiger charge is 2.21. The Bertz CT molecular complexity index is 533. The molecule has 0 bridgehead atoms. The molecule has 0 aliphatic rings. The fourth-order valence-corrected chi connectivity index (χ4v) is 1.86. The number of carboxylic acids is 2. The molecule has 0 heterocycles. The topological polar surface area (TPSA) is 107 Å². The third-order valence-electron chi connectivity index (χ3n) is 2.63. The van der Waals surface area contributed by atoms with E-state index in [4.69, 9.17) is 21.8 Å². The van der Waals surface area contributed by atoms with Crippen molar-refractivity contribution in [3.8, 4) is 0 Å². The lowest BCUT2D eigenvalue weighted by Crippen LogP contribution is -2.45. The summed E-state index contributed by atoms with van der Waals surface area (Å²) in [5.41, 5.74) is 0.724. The maximum atomic E-state index is 11.9. The summed E-state index contributed by atoms with van der Waals surface area (Å²) in [6.45, 7) is 0.296. The minimum absolute atomic E-state index is 0.443. The van der Waals surface area contributed by atoms with Crippen LogP contribution in [0.1, 0.15) is 18.5 Å². The van der Waals surface area contributed by atoms with Crippen LogP contribution in [0.3, 0.4) is 0 Å². The van der Waals surface area contributed by atoms with E-state index in [1.165, 1.54) is 0 Å². The highest BCUT2D eigenvalue weighted by Crippen LogP contribution is 2.17. The van der Waals surface area contributed by atoms with Gasteiger partial charge in [-0.05, 0) is 24.6 Å². The van der Waals surface area contributed by atoms with E-state index in [-0.39, 0.29) is 0 Å². The minimum atomic E-state index is -1.29. The second kappa shape index (κ2) is 7.49. The van der Waals surface area contributed by atoms with Gasteiger partial charge in [0.05, 0.1) is 6.04 Å². The Morgan fingerprint density at radius 1 is 1.24 bits per heavy atom. The van der Waals surface area contributed by atoms with Gasteiger partial charge >= 0.3 is 18.0 Å². The van der Waals surface area contributed by atoms with Crippen LogP contribution in [0.15, 0.2) is 24.3 Å². The Morgan fingerprint density at radius 2 is 1.81 bits per heavy atom. The Kier molecular flexibility index (Phi) is 5.98. The fourth-order valence-electron chi connectivity index (χ4n) is 1.66. The Hall–Kier alpha value is -2.28. The van der Waals surface area contributed by atoms with Gasteiger partial charge in [0.1, 0.15) is 13.1 Å². The predicted molar refractivity (Wildman–Crippen MR) is 75.2 cm³/mol. The molecule has 2 amide bonds. The van der Waals surface area contributed by atoms with Crippen LogP contribution in [0.2, 0.25) is 5.02 Å². The van der Waals surface area contributed by atoms with E-state index >= 15 is 0 Å².